The molecule has 2 aromatic carbocycles. The third kappa shape index (κ3) is 5.10. The van der Waals surface area contributed by atoms with Crippen molar-refractivity contribution >= 4 is 45.2 Å². The molecule has 9 heteroatoms. The number of hydrogen-bond acceptors (Lipinski definition) is 7. The molecule has 0 radical (unpaired) electrons. The number of thioether (sulfide) groups is 2. The van der Waals surface area contributed by atoms with Crippen molar-refractivity contribution in [3.63, 3.8) is 0 Å². The van der Waals surface area contributed by atoms with Crippen molar-refractivity contribution in [2.75, 3.05) is 18.6 Å². The van der Waals surface area contributed by atoms with Crippen LogP contribution in [0.25, 0.3) is 0 Å². The number of nitrogens with zero attached hydrogens (tertiary/aromatic N) is 1. The molecular weight excluding hydrogens is 478 g/mol. The lowest BCUT2D eigenvalue weighted by Crippen LogP contribution is -2.56. The molecule has 2 amide bonds. The Kier molecular flexibility index (Phi) is 7.40. The second-order valence-electron chi connectivity index (χ2n) is 8.28. The molecular formula is C24H27NO5S3. The summed E-state index contributed by atoms with van der Waals surface area (Å²) in [5.41, 5.74) is 1.68. The van der Waals surface area contributed by atoms with Gasteiger partial charge >= 0.3 is 0 Å². The predicted octanol–water partition coefficient (Wildman–Crippen LogP) is 3.92. The fraction of sp³-hybridized carbons (Fsp3) is 0.417. The zero-order chi connectivity index (χ0) is 23.6. The zero-order valence-electron chi connectivity index (χ0n) is 18.6. The van der Waals surface area contributed by atoms with Gasteiger partial charge in [-0.05, 0) is 54.7 Å². The van der Waals surface area contributed by atoms with Crippen molar-refractivity contribution < 1.29 is 22.7 Å². The first-order chi connectivity index (χ1) is 15.8. The lowest BCUT2D eigenvalue weighted by atomic mass is 9.96. The van der Waals surface area contributed by atoms with Crippen molar-refractivity contribution in [1.82, 2.24) is 4.90 Å². The number of piperidine rings is 1. The summed E-state index contributed by atoms with van der Waals surface area (Å²) in [4.78, 5) is 28.0. The van der Waals surface area contributed by atoms with Gasteiger partial charge in [-0.1, -0.05) is 29.8 Å². The number of benzene rings is 2. The Bertz CT molecular complexity index is 1110. The Morgan fingerprint density at radius 1 is 1.00 bits per heavy atom. The average Bonchev–Trinajstić information content (AvgIpc) is 2.82. The molecule has 2 unspecified atom stereocenters. The van der Waals surface area contributed by atoms with Crippen molar-refractivity contribution in [3.05, 3.63) is 59.7 Å². The number of aryl methyl sites for hydroxylation is 1. The van der Waals surface area contributed by atoms with E-state index in [1.165, 1.54) is 0 Å². The number of amides is 2. The number of carbonyl (C=O) groups excluding carboxylic acids is 2. The van der Waals surface area contributed by atoms with E-state index < -0.39 is 26.9 Å². The quantitative estimate of drug-likeness (QED) is 0.551. The SMILES string of the molecule is COc1ccc(CN2C(=O)CC(C3SCCCS3)C(S(=O)(=O)c3ccc(C)cc3)C2=O)cc1. The van der Waals surface area contributed by atoms with Crippen LogP contribution in [-0.2, 0) is 26.0 Å². The van der Waals surface area contributed by atoms with E-state index in [4.69, 9.17) is 4.74 Å². The number of sulfone groups is 1. The standard InChI is InChI=1S/C24H27NO5S3/c1-16-4-10-19(11-5-16)33(28,29)22-20(24-31-12-3-13-32-24)14-21(26)25(23(22)27)15-17-6-8-18(30-2)9-7-17/h4-11,20,22,24H,3,12-15H2,1-2H3. The molecule has 4 rings (SSSR count). The predicted molar refractivity (Wildman–Crippen MR) is 132 cm³/mol. The van der Waals surface area contributed by atoms with Crippen LogP contribution in [0.3, 0.4) is 0 Å². The van der Waals surface area contributed by atoms with Crippen LogP contribution in [0.2, 0.25) is 0 Å². The highest BCUT2D eigenvalue weighted by molar-refractivity contribution is 8.17. The number of ether oxygens (including phenoxy) is 1. The molecule has 33 heavy (non-hydrogen) atoms. The molecule has 0 bridgehead atoms. The molecule has 2 aromatic rings. The summed E-state index contributed by atoms with van der Waals surface area (Å²) in [6.07, 6.45) is 1.09. The molecule has 0 aliphatic carbocycles. The number of likely N-dealkylation sites (tertiary alicyclic amines) is 1. The first-order valence-corrected chi connectivity index (χ1v) is 14.5. The van der Waals surface area contributed by atoms with Crippen LogP contribution in [0.15, 0.2) is 53.4 Å². The number of hydrogen-bond donors (Lipinski definition) is 0. The first kappa shape index (κ1) is 24.2. The fourth-order valence-corrected chi connectivity index (χ4v) is 9.53. The van der Waals surface area contributed by atoms with Gasteiger partial charge in [-0.15, -0.1) is 23.5 Å². The monoisotopic (exact) mass is 505 g/mol. The third-order valence-corrected chi connectivity index (χ3v) is 11.4. The van der Waals surface area contributed by atoms with Crippen LogP contribution in [-0.4, -0.2) is 53.6 Å². The maximum atomic E-state index is 13.8. The van der Waals surface area contributed by atoms with Crippen molar-refractivity contribution in [3.8, 4) is 5.75 Å². The van der Waals surface area contributed by atoms with Crippen LogP contribution in [0.5, 0.6) is 5.75 Å². The van der Waals surface area contributed by atoms with Crippen molar-refractivity contribution in [2.24, 2.45) is 5.92 Å². The molecule has 2 atom stereocenters. The van der Waals surface area contributed by atoms with Crippen LogP contribution < -0.4 is 4.74 Å². The zero-order valence-corrected chi connectivity index (χ0v) is 21.0. The highest BCUT2D eigenvalue weighted by Gasteiger charge is 2.51. The molecule has 2 aliphatic heterocycles. The summed E-state index contributed by atoms with van der Waals surface area (Å²) < 4.78 is 32.6. The molecule has 0 N–H and O–H groups in total. The average molecular weight is 506 g/mol. The van der Waals surface area contributed by atoms with Gasteiger partial charge in [0.05, 0.1) is 23.1 Å². The highest BCUT2D eigenvalue weighted by Crippen LogP contribution is 2.44. The van der Waals surface area contributed by atoms with Crippen LogP contribution >= 0.6 is 23.5 Å². The lowest BCUT2D eigenvalue weighted by molar-refractivity contribution is -0.150. The van der Waals surface area contributed by atoms with Gasteiger partial charge < -0.3 is 4.74 Å². The van der Waals surface area contributed by atoms with E-state index in [2.05, 4.69) is 0 Å². The Balaban J connectivity index is 1.69. The maximum absolute atomic E-state index is 13.8. The molecule has 0 saturated carbocycles. The molecule has 0 spiro atoms. The Morgan fingerprint density at radius 3 is 2.24 bits per heavy atom. The van der Waals surface area contributed by atoms with Gasteiger partial charge in [-0.3, -0.25) is 14.5 Å². The van der Waals surface area contributed by atoms with E-state index in [0.29, 0.717) is 5.75 Å². The molecule has 2 fully saturated rings. The van der Waals surface area contributed by atoms with Gasteiger partial charge in [0.25, 0.3) is 0 Å². The Hall–Kier alpha value is -1.97. The number of methoxy groups -OCH3 is 1. The Morgan fingerprint density at radius 2 is 1.64 bits per heavy atom. The molecule has 6 nitrogen and oxygen atoms in total. The molecule has 2 heterocycles. The van der Waals surface area contributed by atoms with E-state index in [0.717, 1.165) is 34.0 Å². The summed E-state index contributed by atoms with van der Waals surface area (Å²) in [5.74, 6) is 0.981. The summed E-state index contributed by atoms with van der Waals surface area (Å²) in [6.45, 7) is 1.93. The molecule has 176 valence electrons. The summed E-state index contributed by atoms with van der Waals surface area (Å²) in [7, 11) is -2.41. The van der Waals surface area contributed by atoms with E-state index in [9.17, 15) is 18.0 Å². The minimum Gasteiger partial charge on any atom is -0.497 e. The lowest BCUT2D eigenvalue weighted by Gasteiger charge is -2.40. The normalized spacial score (nSPS) is 22.4. The van der Waals surface area contributed by atoms with E-state index >= 15 is 0 Å². The summed E-state index contributed by atoms with van der Waals surface area (Å²) in [6, 6.07) is 13.7. The van der Waals surface area contributed by atoms with E-state index in [1.54, 1.807) is 79.2 Å². The van der Waals surface area contributed by atoms with Gasteiger partial charge in [-0.25, -0.2) is 8.42 Å². The first-order valence-electron chi connectivity index (χ1n) is 10.8. The minimum absolute atomic E-state index is 0.0409. The second-order valence-corrected chi connectivity index (χ2v) is 13.1. The van der Waals surface area contributed by atoms with Gasteiger partial charge in [0.2, 0.25) is 11.8 Å². The summed E-state index contributed by atoms with van der Waals surface area (Å²) >= 11 is 3.32. The van der Waals surface area contributed by atoms with Crippen LogP contribution in [0.1, 0.15) is 24.0 Å². The van der Waals surface area contributed by atoms with Crippen LogP contribution in [0, 0.1) is 12.8 Å². The third-order valence-electron chi connectivity index (χ3n) is 6.00. The maximum Gasteiger partial charge on any atom is 0.248 e. The summed E-state index contributed by atoms with van der Waals surface area (Å²) in [5, 5.41) is -1.28. The van der Waals surface area contributed by atoms with E-state index in [1.807, 2.05) is 6.92 Å². The van der Waals surface area contributed by atoms with Gasteiger partial charge in [0.1, 0.15) is 11.0 Å². The smallest absolute Gasteiger partial charge is 0.248 e. The molecule has 2 aliphatic rings. The number of imide groups is 1. The van der Waals surface area contributed by atoms with Crippen molar-refractivity contribution in [2.45, 2.75) is 41.0 Å². The molecule has 0 aromatic heterocycles. The van der Waals surface area contributed by atoms with Gasteiger partial charge in [-0.2, -0.15) is 0 Å². The topological polar surface area (TPSA) is 80.8 Å². The molecule has 2 saturated heterocycles. The van der Waals surface area contributed by atoms with Gasteiger partial charge in [0, 0.05) is 12.3 Å². The Labute approximate surface area is 203 Å². The largest absolute Gasteiger partial charge is 0.497 e. The number of rotatable bonds is 6. The highest BCUT2D eigenvalue weighted by atomic mass is 32.2. The second kappa shape index (κ2) is 10.1. The van der Waals surface area contributed by atoms with E-state index in [-0.39, 0.29) is 28.4 Å². The van der Waals surface area contributed by atoms with Crippen molar-refractivity contribution in [1.29, 1.82) is 0 Å². The minimum atomic E-state index is -3.98. The van der Waals surface area contributed by atoms with Crippen LogP contribution in [0.4, 0.5) is 0 Å². The number of carbonyl (C=O) groups is 2. The van der Waals surface area contributed by atoms with Gasteiger partial charge in [0.15, 0.2) is 9.84 Å². The fourth-order valence-electron chi connectivity index (χ4n) is 4.19.